The summed E-state index contributed by atoms with van der Waals surface area (Å²) in [5, 5.41) is 12.9. The van der Waals surface area contributed by atoms with Crippen LogP contribution in [0.5, 0.6) is 0 Å². The van der Waals surface area contributed by atoms with E-state index < -0.39 is 11.4 Å². The summed E-state index contributed by atoms with van der Waals surface area (Å²) in [6, 6.07) is 0. The molecule has 9 nitrogen and oxygen atoms in total. The van der Waals surface area contributed by atoms with E-state index in [2.05, 4.69) is 32.1 Å². The normalized spacial score (nSPS) is 21.9. The first-order valence-electron chi connectivity index (χ1n) is 9.35. The second-order valence-corrected chi connectivity index (χ2v) is 7.60. The molecule has 0 amide bonds. The van der Waals surface area contributed by atoms with Crippen LogP contribution < -0.4 is 10.2 Å². The highest BCUT2D eigenvalue weighted by Gasteiger charge is 2.35. The fraction of sp³-hybridized carbons (Fsp3) is 0.722. The van der Waals surface area contributed by atoms with Gasteiger partial charge in [-0.15, -0.1) is 0 Å². The lowest BCUT2D eigenvalue weighted by Crippen LogP contribution is -2.43. The molecule has 0 spiro atoms. The molecule has 0 aromatic carbocycles. The lowest BCUT2D eigenvalue weighted by molar-refractivity contribution is -0.142. The molecule has 0 aliphatic carbocycles. The molecule has 1 unspecified atom stereocenters. The smallest absolute Gasteiger partial charge is 0.313 e. The number of carboxylic acids is 1. The van der Waals surface area contributed by atoms with Crippen LogP contribution >= 0.6 is 0 Å². The first-order valence-corrected chi connectivity index (χ1v) is 9.35. The zero-order valence-corrected chi connectivity index (χ0v) is 16.3. The van der Waals surface area contributed by atoms with E-state index in [0.717, 1.165) is 13.1 Å². The van der Waals surface area contributed by atoms with Gasteiger partial charge in [-0.1, -0.05) is 0 Å². The van der Waals surface area contributed by atoms with E-state index in [9.17, 15) is 9.90 Å². The average Bonchev–Trinajstić information content (AvgIpc) is 2.67. The SMILES string of the molecule is CN1CCOC(CNc2ncc(C(C)(C)C(=O)O)c(N3CCOCC3)n2)C1. The molecule has 27 heavy (non-hydrogen) atoms. The molecule has 0 saturated carbocycles. The minimum Gasteiger partial charge on any atom is -0.481 e. The molecule has 0 bridgehead atoms. The van der Waals surface area contributed by atoms with E-state index in [4.69, 9.17) is 9.47 Å². The van der Waals surface area contributed by atoms with E-state index in [-0.39, 0.29) is 6.10 Å². The Morgan fingerprint density at radius 1 is 1.33 bits per heavy atom. The zero-order valence-electron chi connectivity index (χ0n) is 16.3. The average molecular weight is 379 g/mol. The molecule has 2 N–H and O–H groups in total. The zero-order chi connectivity index (χ0) is 19.4. The van der Waals surface area contributed by atoms with Gasteiger partial charge in [0.25, 0.3) is 0 Å². The lowest BCUT2D eigenvalue weighted by Gasteiger charge is -2.33. The molecule has 3 rings (SSSR count). The Morgan fingerprint density at radius 3 is 2.74 bits per heavy atom. The topological polar surface area (TPSA) is 100 Å². The van der Waals surface area contributed by atoms with Gasteiger partial charge in [0, 0.05) is 44.5 Å². The Balaban J connectivity index is 1.80. The van der Waals surface area contributed by atoms with Crippen LogP contribution in [0.1, 0.15) is 19.4 Å². The van der Waals surface area contributed by atoms with Gasteiger partial charge in [0.1, 0.15) is 5.82 Å². The maximum Gasteiger partial charge on any atom is 0.313 e. The summed E-state index contributed by atoms with van der Waals surface area (Å²) >= 11 is 0. The molecule has 0 radical (unpaired) electrons. The van der Waals surface area contributed by atoms with Gasteiger partial charge in [-0.3, -0.25) is 4.79 Å². The van der Waals surface area contributed by atoms with Crippen LogP contribution in [0.3, 0.4) is 0 Å². The lowest BCUT2D eigenvalue weighted by atomic mass is 9.85. The van der Waals surface area contributed by atoms with Crippen LogP contribution in [0, 0.1) is 0 Å². The second kappa shape index (κ2) is 8.37. The molecule has 1 atom stereocenters. The first-order chi connectivity index (χ1) is 12.9. The number of aliphatic carboxylic acids is 1. The van der Waals surface area contributed by atoms with E-state index >= 15 is 0 Å². The summed E-state index contributed by atoms with van der Waals surface area (Å²) in [6.45, 7) is 9.02. The number of rotatable bonds is 6. The van der Waals surface area contributed by atoms with Crippen molar-refractivity contribution >= 4 is 17.7 Å². The summed E-state index contributed by atoms with van der Waals surface area (Å²) in [5.41, 5.74) is -0.474. The molecule has 9 heteroatoms. The van der Waals surface area contributed by atoms with Crippen molar-refractivity contribution in [1.82, 2.24) is 14.9 Å². The molecular formula is C18H29N5O4. The summed E-state index contributed by atoms with van der Waals surface area (Å²) < 4.78 is 11.2. The monoisotopic (exact) mass is 379 g/mol. The number of hydrogen-bond acceptors (Lipinski definition) is 8. The van der Waals surface area contributed by atoms with Crippen molar-refractivity contribution in [3.63, 3.8) is 0 Å². The van der Waals surface area contributed by atoms with Gasteiger partial charge in [-0.25, -0.2) is 4.98 Å². The van der Waals surface area contributed by atoms with Gasteiger partial charge in [0.2, 0.25) is 5.95 Å². The maximum atomic E-state index is 11.8. The largest absolute Gasteiger partial charge is 0.481 e. The predicted molar refractivity (Wildman–Crippen MR) is 101 cm³/mol. The third-order valence-electron chi connectivity index (χ3n) is 5.12. The molecular weight excluding hydrogens is 350 g/mol. The molecule has 2 aliphatic heterocycles. The Labute approximate surface area is 159 Å². The fourth-order valence-electron chi connectivity index (χ4n) is 3.23. The first kappa shape index (κ1) is 19.8. The number of aromatic nitrogens is 2. The number of hydrogen-bond donors (Lipinski definition) is 2. The number of ether oxygens (including phenoxy) is 2. The third kappa shape index (κ3) is 4.66. The predicted octanol–water partition coefficient (Wildman–Crippen LogP) is 0.418. The van der Waals surface area contributed by atoms with Crippen LogP contribution in [-0.4, -0.2) is 91.6 Å². The van der Waals surface area contributed by atoms with Crippen molar-refractivity contribution in [2.45, 2.75) is 25.4 Å². The van der Waals surface area contributed by atoms with Gasteiger partial charge < -0.3 is 29.7 Å². The van der Waals surface area contributed by atoms with Crippen LogP contribution in [0.2, 0.25) is 0 Å². The molecule has 2 fully saturated rings. The Morgan fingerprint density at radius 2 is 2.07 bits per heavy atom. The van der Waals surface area contributed by atoms with Crippen LogP contribution in [0.4, 0.5) is 11.8 Å². The van der Waals surface area contributed by atoms with Crippen LogP contribution in [0.25, 0.3) is 0 Å². The molecule has 1 aromatic heterocycles. The molecule has 2 aliphatic rings. The highest BCUT2D eigenvalue weighted by Crippen LogP contribution is 2.32. The van der Waals surface area contributed by atoms with E-state index in [0.29, 0.717) is 56.8 Å². The highest BCUT2D eigenvalue weighted by molar-refractivity contribution is 5.82. The minimum atomic E-state index is -1.08. The van der Waals surface area contributed by atoms with Crippen molar-refractivity contribution in [3.05, 3.63) is 11.8 Å². The number of carbonyl (C=O) groups is 1. The number of carboxylic acid groups (broad SMARTS) is 1. The summed E-state index contributed by atoms with van der Waals surface area (Å²) in [4.78, 5) is 25.1. The van der Waals surface area contributed by atoms with Gasteiger partial charge in [-0.05, 0) is 20.9 Å². The van der Waals surface area contributed by atoms with Crippen molar-refractivity contribution in [1.29, 1.82) is 0 Å². The van der Waals surface area contributed by atoms with Gasteiger partial charge in [-0.2, -0.15) is 4.98 Å². The standard InChI is InChI=1S/C18H29N5O4/c1-18(2,16(24)25)14-11-20-17(19-10-13-12-22(3)4-9-27-13)21-15(14)23-5-7-26-8-6-23/h11,13H,4-10,12H2,1-3H3,(H,24,25)(H,19,20,21). The van der Waals surface area contributed by atoms with Crippen molar-refractivity contribution in [3.8, 4) is 0 Å². The number of nitrogens with one attached hydrogen (secondary N) is 1. The second-order valence-electron chi connectivity index (χ2n) is 7.60. The minimum absolute atomic E-state index is 0.0781. The summed E-state index contributed by atoms with van der Waals surface area (Å²) in [5.74, 6) is 0.239. The van der Waals surface area contributed by atoms with Crippen molar-refractivity contribution in [2.75, 3.05) is 69.8 Å². The van der Waals surface area contributed by atoms with E-state index in [1.807, 2.05) is 0 Å². The number of anilines is 2. The fourth-order valence-corrected chi connectivity index (χ4v) is 3.23. The van der Waals surface area contributed by atoms with Crippen LogP contribution in [-0.2, 0) is 19.7 Å². The summed E-state index contributed by atoms with van der Waals surface area (Å²) in [6.07, 6.45) is 1.71. The Bertz CT molecular complexity index is 663. The quantitative estimate of drug-likeness (QED) is 0.728. The number of likely N-dealkylation sites (N-methyl/N-ethyl adjacent to an activating group) is 1. The maximum absolute atomic E-state index is 11.8. The van der Waals surface area contributed by atoms with Crippen molar-refractivity contribution in [2.24, 2.45) is 0 Å². The number of nitrogens with zero attached hydrogens (tertiary/aromatic N) is 4. The molecule has 2 saturated heterocycles. The van der Waals surface area contributed by atoms with Crippen LogP contribution in [0.15, 0.2) is 6.20 Å². The van der Waals surface area contributed by atoms with Gasteiger partial charge in [0.15, 0.2) is 0 Å². The molecule has 150 valence electrons. The summed E-state index contributed by atoms with van der Waals surface area (Å²) in [7, 11) is 2.07. The van der Waals surface area contributed by atoms with Crippen molar-refractivity contribution < 1.29 is 19.4 Å². The van der Waals surface area contributed by atoms with E-state index in [1.165, 1.54) is 0 Å². The highest BCUT2D eigenvalue weighted by atomic mass is 16.5. The van der Waals surface area contributed by atoms with E-state index in [1.54, 1.807) is 20.0 Å². The molecule has 1 aromatic rings. The number of morpholine rings is 2. The van der Waals surface area contributed by atoms with Gasteiger partial charge in [0.05, 0.1) is 31.3 Å². The van der Waals surface area contributed by atoms with Gasteiger partial charge >= 0.3 is 5.97 Å². The molecule has 3 heterocycles. The Hall–Kier alpha value is -1.97. The Kier molecular flexibility index (Phi) is 6.13. The third-order valence-corrected chi connectivity index (χ3v) is 5.12.